The van der Waals surface area contributed by atoms with Crippen LogP contribution in [0.5, 0.6) is 11.5 Å². The second kappa shape index (κ2) is 6.10. The van der Waals surface area contributed by atoms with Crippen molar-refractivity contribution in [1.29, 1.82) is 0 Å². The number of hydrogen-bond donors (Lipinski definition) is 1. The van der Waals surface area contributed by atoms with Gasteiger partial charge in [-0.2, -0.15) is 0 Å². The molecule has 0 amide bonds. The van der Waals surface area contributed by atoms with Crippen LogP contribution in [0.25, 0.3) is 0 Å². The summed E-state index contributed by atoms with van der Waals surface area (Å²) in [5, 5.41) is 10.4. The molecule has 0 aliphatic rings. The van der Waals surface area contributed by atoms with Gasteiger partial charge in [0.1, 0.15) is 0 Å². The van der Waals surface area contributed by atoms with Crippen molar-refractivity contribution in [2.24, 2.45) is 11.8 Å². The number of rotatable bonds is 5. The molecule has 0 saturated carbocycles. The van der Waals surface area contributed by atoms with Crippen LogP contribution in [-0.4, -0.2) is 19.3 Å². The van der Waals surface area contributed by atoms with Crippen LogP contribution in [-0.2, 0) is 0 Å². The van der Waals surface area contributed by atoms with Gasteiger partial charge in [0.05, 0.1) is 20.3 Å². The minimum Gasteiger partial charge on any atom is -0.493 e. The Morgan fingerprint density at radius 3 is 1.94 bits per heavy atom. The molecule has 102 valence electrons. The van der Waals surface area contributed by atoms with Gasteiger partial charge >= 0.3 is 0 Å². The lowest BCUT2D eigenvalue weighted by atomic mass is 9.86. The van der Waals surface area contributed by atoms with Crippen LogP contribution >= 0.6 is 0 Å². The molecule has 0 radical (unpaired) electrons. The van der Waals surface area contributed by atoms with Crippen LogP contribution in [0.2, 0.25) is 0 Å². The molecular weight excluding hydrogens is 228 g/mol. The largest absolute Gasteiger partial charge is 0.493 e. The topological polar surface area (TPSA) is 38.7 Å². The molecule has 0 fully saturated rings. The molecule has 1 N–H and O–H groups in total. The molecular formula is C15H24O3. The van der Waals surface area contributed by atoms with Crippen LogP contribution in [0.3, 0.4) is 0 Å². The predicted molar refractivity (Wildman–Crippen MR) is 73.2 cm³/mol. The Hall–Kier alpha value is -1.22. The Bertz CT molecular complexity index is 399. The molecule has 2 atom stereocenters. The minimum atomic E-state index is -0.482. The quantitative estimate of drug-likeness (QED) is 0.873. The van der Waals surface area contributed by atoms with Crippen molar-refractivity contribution >= 4 is 0 Å². The van der Waals surface area contributed by atoms with E-state index in [4.69, 9.17) is 9.47 Å². The molecule has 0 spiro atoms. The van der Waals surface area contributed by atoms with Crippen LogP contribution < -0.4 is 9.47 Å². The van der Waals surface area contributed by atoms with Crippen LogP contribution in [0.1, 0.15) is 38.0 Å². The van der Waals surface area contributed by atoms with E-state index in [0.717, 1.165) is 11.1 Å². The number of aliphatic hydroxyl groups is 1. The van der Waals surface area contributed by atoms with E-state index < -0.39 is 6.10 Å². The SMILES string of the molecule is COc1cc(C)c(C(O)C(C)C(C)C)cc1OC. The summed E-state index contributed by atoms with van der Waals surface area (Å²) in [6, 6.07) is 3.78. The maximum Gasteiger partial charge on any atom is 0.161 e. The molecule has 0 aromatic heterocycles. The molecule has 3 nitrogen and oxygen atoms in total. The molecule has 2 unspecified atom stereocenters. The molecule has 18 heavy (non-hydrogen) atoms. The highest BCUT2D eigenvalue weighted by atomic mass is 16.5. The zero-order valence-corrected chi connectivity index (χ0v) is 12.2. The Kier molecular flexibility index (Phi) is 5.03. The zero-order chi connectivity index (χ0) is 13.9. The third-order valence-electron chi connectivity index (χ3n) is 3.64. The van der Waals surface area contributed by atoms with Gasteiger partial charge in [-0.05, 0) is 42.0 Å². The smallest absolute Gasteiger partial charge is 0.161 e. The molecule has 1 aromatic rings. The van der Waals surface area contributed by atoms with E-state index in [-0.39, 0.29) is 5.92 Å². The lowest BCUT2D eigenvalue weighted by Crippen LogP contribution is -2.16. The van der Waals surface area contributed by atoms with Gasteiger partial charge in [-0.3, -0.25) is 0 Å². The molecule has 0 aliphatic carbocycles. The third-order valence-corrected chi connectivity index (χ3v) is 3.64. The highest BCUT2D eigenvalue weighted by Gasteiger charge is 2.22. The van der Waals surface area contributed by atoms with E-state index in [0.29, 0.717) is 17.4 Å². The van der Waals surface area contributed by atoms with Crippen molar-refractivity contribution in [2.45, 2.75) is 33.8 Å². The highest BCUT2D eigenvalue weighted by molar-refractivity contribution is 5.47. The number of hydrogen-bond acceptors (Lipinski definition) is 3. The standard InChI is InChI=1S/C15H24O3/c1-9(2)11(4)15(16)12-8-14(18-6)13(17-5)7-10(12)3/h7-9,11,15-16H,1-6H3. The van der Waals surface area contributed by atoms with Gasteiger partial charge < -0.3 is 14.6 Å². The number of ether oxygens (including phenoxy) is 2. The second-order valence-electron chi connectivity index (χ2n) is 5.11. The Balaban J connectivity index is 3.16. The average molecular weight is 252 g/mol. The number of aryl methyl sites for hydroxylation is 1. The fourth-order valence-corrected chi connectivity index (χ4v) is 1.96. The molecule has 0 aliphatic heterocycles. The molecule has 1 aromatic carbocycles. The van der Waals surface area contributed by atoms with Gasteiger partial charge in [0.15, 0.2) is 11.5 Å². The fourth-order valence-electron chi connectivity index (χ4n) is 1.96. The lowest BCUT2D eigenvalue weighted by Gasteiger charge is -2.25. The van der Waals surface area contributed by atoms with Crippen molar-refractivity contribution < 1.29 is 14.6 Å². The summed E-state index contributed by atoms with van der Waals surface area (Å²) >= 11 is 0. The molecule has 0 heterocycles. The summed E-state index contributed by atoms with van der Waals surface area (Å²) in [5.74, 6) is 1.98. The van der Waals surface area contributed by atoms with Gasteiger partial charge in [0.25, 0.3) is 0 Å². The van der Waals surface area contributed by atoms with Gasteiger partial charge in [0, 0.05) is 0 Å². The monoisotopic (exact) mass is 252 g/mol. The normalized spacial score (nSPS) is 14.4. The first-order valence-electron chi connectivity index (χ1n) is 6.33. The fraction of sp³-hybridized carbons (Fsp3) is 0.600. The summed E-state index contributed by atoms with van der Waals surface area (Å²) in [5.41, 5.74) is 1.93. The van der Waals surface area contributed by atoms with Crippen molar-refractivity contribution in [3.05, 3.63) is 23.3 Å². The van der Waals surface area contributed by atoms with Crippen LogP contribution in [0, 0.1) is 18.8 Å². The number of aliphatic hydroxyl groups excluding tert-OH is 1. The lowest BCUT2D eigenvalue weighted by molar-refractivity contribution is 0.0912. The zero-order valence-electron chi connectivity index (χ0n) is 12.2. The minimum absolute atomic E-state index is 0.196. The summed E-state index contributed by atoms with van der Waals surface area (Å²) in [6.45, 7) is 8.27. The predicted octanol–water partition coefficient (Wildman–Crippen LogP) is 3.34. The molecule has 0 bridgehead atoms. The molecule has 1 rings (SSSR count). The Morgan fingerprint density at radius 1 is 1.00 bits per heavy atom. The maximum absolute atomic E-state index is 10.4. The van der Waals surface area contributed by atoms with E-state index in [2.05, 4.69) is 20.8 Å². The van der Waals surface area contributed by atoms with Crippen LogP contribution in [0.15, 0.2) is 12.1 Å². The van der Waals surface area contributed by atoms with E-state index in [1.807, 2.05) is 19.1 Å². The van der Waals surface area contributed by atoms with E-state index in [1.165, 1.54) is 0 Å². The first-order chi connectivity index (χ1) is 8.42. The van der Waals surface area contributed by atoms with Crippen molar-refractivity contribution in [2.75, 3.05) is 14.2 Å². The maximum atomic E-state index is 10.4. The summed E-state index contributed by atoms with van der Waals surface area (Å²) in [4.78, 5) is 0. The number of methoxy groups -OCH3 is 2. The molecule has 3 heteroatoms. The van der Waals surface area contributed by atoms with E-state index in [9.17, 15) is 5.11 Å². The van der Waals surface area contributed by atoms with Gasteiger partial charge in [-0.1, -0.05) is 20.8 Å². The number of benzene rings is 1. The highest BCUT2D eigenvalue weighted by Crippen LogP contribution is 2.36. The van der Waals surface area contributed by atoms with Crippen molar-refractivity contribution in [1.82, 2.24) is 0 Å². The average Bonchev–Trinajstić information content (AvgIpc) is 2.36. The van der Waals surface area contributed by atoms with Crippen molar-refractivity contribution in [3.63, 3.8) is 0 Å². The molecule has 0 saturated heterocycles. The van der Waals surface area contributed by atoms with Gasteiger partial charge in [0.2, 0.25) is 0 Å². The van der Waals surface area contributed by atoms with E-state index >= 15 is 0 Å². The summed E-state index contributed by atoms with van der Waals surface area (Å²) in [7, 11) is 3.22. The van der Waals surface area contributed by atoms with E-state index in [1.54, 1.807) is 14.2 Å². The summed E-state index contributed by atoms with van der Waals surface area (Å²) in [6.07, 6.45) is -0.482. The second-order valence-corrected chi connectivity index (χ2v) is 5.11. The summed E-state index contributed by atoms with van der Waals surface area (Å²) < 4.78 is 10.5. The Labute approximate surface area is 110 Å². The van der Waals surface area contributed by atoms with Crippen molar-refractivity contribution in [3.8, 4) is 11.5 Å². The van der Waals surface area contributed by atoms with Gasteiger partial charge in [-0.25, -0.2) is 0 Å². The first kappa shape index (κ1) is 14.8. The van der Waals surface area contributed by atoms with Gasteiger partial charge in [-0.15, -0.1) is 0 Å². The third kappa shape index (κ3) is 2.96. The van der Waals surface area contributed by atoms with Crippen LogP contribution in [0.4, 0.5) is 0 Å². The Morgan fingerprint density at radius 2 is 1.50 bits per heavy atom. The first-order valence-corrected chi connectivity index (χ1v) is 6.33.